The molecule has 36 heavy (non-hydrogen) atoms. The molecule has 2 aromatic heterocycles. The lowest BCUT2D eigenvalue weighted by molar-refractivity contribution is 0.592. The van der Waals surface area contributed by atoms with Gasteiger partial charge >= 0.3 is 0 Å². The molecule has 0 bridgehead atoms. The van der Waals surface area contributed by atoms with Gasteiger partial charge in [0.2, 0.25) is 14.9 Å². The Morgan fingerprint density at radius 2 is 1.47 bits per heavy atom. The zero-order valence-electron chi connectivity index (χ0n) is 20.2. The molecular formula is C27H26N6O2S. The zero-order valence-corrected chi connectivity index (χ0v) is 21.0. The lowest BCUT2D eigenvalue weighted by atomic mass is 10.1. The summed E-state index contributed by atoms with van der Waals surface area (Å²) in [5.74, 6) is 0.755. The Balaban J connectivity index is 1.42. The lowest BCUT2D eigenvalue weighted by Gasteiger charge is -2.38. The van der Waals surface area contributed by atoms with E-state index in [1.807, 2.05) is 24.3 Å². The van der Waals surface area contributed by atoms with Crippen LogP contribution in [0, 0.1) is 13.8 Å². The Kier molecular flexibility index (Phi) is 5.37. The van der Waals surface area contributed by atoms with Crippen molar-refractivity contribution in [2.75, 3.05) is 36.0 Å². The van der Waals surface area contributed by atoms with Gasteiger partial charge in [0.1, 0.15) is 5.82 Å². The van der Waals surface area contributed by atoms with E-state index in [-0.39, 0.29) is 15.6 Å². The second kappa shape index (κ2) is 8.60. The van der Waals surface area contributed by atoms with Gasteiger partial charge in [0.15, 0.2) is 5.65 Å². The summed E-state index contributed by atoms with van der Waals surface area (Å²) < 4.78 is 28.4. The summed E-state index contributed by atoms with van der Waals surface area (Å²) in [5.41, 5.74) is 4.87. The fraction of sp³-hybridized carbons (Fsp3) is 0.222. The monoisotopic (exact) mass is 498 g/mol. The number of nitrogens with zero attached hydrogens (tertiary/aromatic N) is 6. The molecule has 9 heteroatoms. The van der Waals surface area contributed by atoms with Gasteiger partial charge in [0.25, 0.3) is 0 Å². The number of piperazine rings is 1. The van der Waals surface area contributed by atoms with Crippen molar-refractivity contribution in [1.82, 2.24) is 19.8 Å². The molecule has 3 aromatic carbocycles. The molecular weight excluding hydrogens is 472 g/mol. The second-order valence-electron chi connectivity index (χ2n) is 9.09. The van der Waals surface area contributed by atoms with Crippen molar-refractivity contribution in [2.24, 2.45) is 0 Å². The number of hydrogen-bond donors (Lipinski definition) is 0. The largest absolute Gasteiger partial charge is 0.368 e. The molecule has 0 unspecified atom stereocenters. The summed E-state index contributed by atoms with van der Waals surface area (Å²) in [6.07, 6.45) is 0. The third-order valence-corrected chi connectivity index (χ3v) is 8.67. The minimum absolute atomic E-state index is 0.130. The predicted octanol–water partition coefficient (Wildman–Crippen LogP) is 4.05. The second-order valence-corrected chi connectivity index (χ2v) is 11.0. The molecule has 0 aliphatic carbocycles. The van der Waals surface area contributed by atoms with Gasteiger partial charge in [-0.15, -0.1) is 5.10 Å². The molecule has 0 saturated carbocycles. The number of benzene rings is 3. The van der Waals surface area contributed by atoms with Crippen LogP contribution >= 0.6 is 0 Å². The van der Waals surface area contributed by atoms with Crippen LogP contribution in [0.25, 0.3) is 16.6 Å². The highest BCUT2D eigenvalue weighted by atomic mass is 32.2. The van der Waals surface area contributed by atoms with Crippen molar-refractivity contribution >= 4 is 37.9 Å². The summed E-state index contributed by atoms with van der Waals surface area (Å²) in [6, 6.07) is 22.5. The van der Waals surface area contributed by atoms with Gasteiger partial charge in [-0.25, -0.2) is 13.4 Å². The quantitative estimate of drug-likeness (QED) is 0.370. The highest BCUT2D eigenvalue weighted by molar-refractivity contribution is 7.91. The Morgan fingerprint density at radius 1 is 0.778 bits per heavy atom. The van der Waals surface area contributed by atoms with Gasteiger partial charge < -0.3 is 9.80 Å². The maximum atomic E-state index is 13.4. The van der Waals surface area contributed by atoms with Crippen molar-refractivity contribution in [1.29, 1.82) is 0 Å². The first-order valence-electron chi connectivity index (χ1n) is 12.0. The normalized spacial score (nSPS) is 14.6. The smallest absolute Gasteiger partial charge is 0.229 e. The minimum atomic E-state index is -3.88. The summed E-state index contributed by atoms with van der Waals surface area (Å²) >= 11 is 0. The van der Waals surface area contributed by atoms with Crippen LogP contribution in [0.3, 0.4) is 0 Å². The number of hydrogen-bond acceptors (Lipinski definition) is 7. The van der Waals surface area contributed by atoms with Crippen LogP contribution in [0.1, 0.15) is 11.1 Å². The van der Waals surface area contributed by atoms with E-state index in [1.54, 1.807) is 30.3 Å². The van der Waals surface area contributed by atoms with Crippen LogP contribution in [-0.4, -0.2) is 54.4 Å². The molecule has 0 radical (unpaired) electrons. The maximum absolute atomic E-state index is 13.4. The summed E-state index contributed by atoms with van der Waals surface area (Å²) in [7, 11) is -3.88. The van der Waals surface area contributed by atoms with Gasteiger partial charge in [0.05, 0.1) is 10.4 Å². The molecule has 0 spiro atoms. The average molecular weight is 499 g/mol. The van der Waals surface area contributed by atoms with Gasteiger partial charge in [-0.3, -0.25) is 0 Å². The summed E-state index contributed by atoms with van der Waals surface area (Å²) in [5, 5.41) is 9.06. The first kappa shape index (κ1) is 22.5. The molecule has 1 fully saturated rings. The number of sulfone groups is 1. The van der Waals surface area contributed by atoms with E-state index in [1.165, 1.54) is 21.3 Å². The van der Waals surface area contributed by atoms with Crippen LogP contribution < -0.4 is 9.80 Å². The third-order valence-electron chi connectivity index (χ3n) is 7.01. The van der Waals surface area contributed by atoms with Crippen LogP contribution in [0.2, 0.25) is 0 Å². The van der Waals surface area contributed by atoms with Crippen LogP contribution in [0.15, 0.2) is 82.7 Å². The van der Waals surface area contributed by atoms with Crippen molar-refractivity contribution in [2.45, 2.75) is 23.8 Å². The predicted molar refractivity (Wildman–Crippen MR) is 141 cm³/mol. The van der Waals surface area contributed by atoms with E-state index in [4.69, 9.17) is 4.98 Å². The molecule has 0 N–H and O–H groups in total. The average Bonchev–Trinajstić information content (AvgIpc) is 3.36. The van der Waals surface area contributed by atoms with E-state index in [0.29, 0.717) is 0 Å². The third kappa shape index (κ3) is 3.58. The Bertz CT molecular complexity index is 1690. The molecule has 5 aromatic rings. The number of aromatic nitrogens is 4. The van der Waals surface area contributed by atoms with Gasteiger partial charge in [-0.2, -0.15) is 4.52 Å². The number of para-hydroxylation sites is 1. The van der Waals surface area contributed by atoms with Crippen molar-refractivity contribution < 1.29 is 8.42 Å². The van der Waals surface area contributed by atoms with E-state index < -0.39 is 9.84 Å². The van der Waals surface area contributed by atoms with Crippen molar-refractivity contribution in [3.05, 3.63) is 83.9 Å². The van der Waals surface area contributed by atoms with Gasteiger partial charge in [-0.1, -0.05) is 47.7 Å². The molecule has 6 rings (SSSR count). The Morgan fingerprint density at radius 3 is 2.25 bits per heavy atom. The molecule has 0 amide bonds. The van der Waals surface area contributed by atoms with Crippen LogP contribution in [0.4, 0.5) is 11.5 Å². The minimum Gasteiger partial charge on any atom is -0.368 e. The van der Waals surface area contributed by atoms with Crippen LogP contribution in [0.5, 0.6) is 0 Å². The topological polar surface area (TPSA) is 83.7 Å². The highest BCUT2D eigenvalue weighted by Crippen LogP contribution is 2.31. The van der Waals surface area contributed by atoms with E-state index in [9.17, 15) is 8.42 Å². The van der Waals surface area contributed by atoms with Crippen molar-refractivity contribution in [3.63, 3.8) is 0 Å². The molecule has 0 atom stereocenters. The van der Waals surface area contributed by atoms with Crippen molar-refractivity contribution in [3.8, 4) is 0 Å². The van der Waals surface area contributed by atoms with Gasteiger partial charge in [0, 0.05) is 37.3 Å². The fourth-order valence-corrected chi connectivity index (χ4v) is 6.15. The molecule has 1 aliphatic rings. The molecule has 8 nitrogen and oxygen atoms in total. The van der Waals surface area contributed by atoms with Crippen LogP contribution in [-0.2, 0) is 9.84 Å². The number of anilines is 2. The standard InChI is InChI=1S/C27H26N6O2S/c1-19-9-8-14-23(20(19)2)31-15-17-32(18-16-31)25-22-12-6-7-13-24(22)33-26(28-25)27(29-30-33)36(34,35)21-10-4-3-5-11-21/h3-14H,15-18H2,1-2H3. The summed E-state index contributed by atoms with van der Waals surface area (Å²) in [6.45, 7) is 7.53. The molecule has 1 saturated heterocycles. The van der Waals surface area contributed by atoms with E-state index in [0.717, 1.165) is 42.9 Å². The molecule has 1 aliphatic heterocycles. The molecule has 3 heterocycles. The SMILES string of the molecule is Cc1cccc(N2CCN(c3nc4c(S(=O)(=O)c5ccccc5)nnn4c4ccccc34)CC2)c1C. The number of fused-ring (bicyclic) bond motifs is 3. The highest BCUT2D eigenvalue weighted by Gasteiger charge is 2.28. The zero-order chi connectivity index (χ0) is 24.9. The lowest BCUT2D eigenvalue weighted by Crippen LogP contribution is -2.47. The Labute approximate surface area is 209 Å². The first-order valence-corrected chi connectivity index (χ1v) is 13.4. The Hall–Kier alpha value is -3.98. The van der Waals surface area contributed by atoms with E-state index in [2.05, 4.69) is 52.2 Å². The summed E-state index contributed by atoms with van der Waals surface area (Å²) in [4.78, 5) is 9.69. The molecule has 182 valence electrons. The van der Waals surface area contributed by atoms with E-state index >= 15 is 0 Å². The number of aryl methyl sites for hydroxylation is 1. The fourth-order valence-electron chi connectivity index (χ4n) is 4.89. The maximum Gasteiger partial charge on any atom is 0.229 e. The van der Waals surface area contributed by atoms with Gasteiger partial charge in [-0.05, 0) is 55.3 Å². The first-order chi connectivity index (χ1) is 17.4. The number of rotatable bonds is 4.